The Hall–Kier alpha value is -3.39. The molecule has 0 bridgehead atoms. The van der Waals surface area contributed by atoms with E-state index in [9.17, 15) is 9.18 Å². The van der Waals surface area contributed by atoms with Crippen molar-refractivity contribution < 1.29 is 23.2 Å². The molecule has 2 aliphatic rings. The smallest absolute Gasteiger partial charge is 0.231 e. The second-order valence-electron chi connectivity index (χ2n) is 8.03. The van der Waals surface area contributed by atoms with E-state index in [2.05, 4.69) is 16.1 Å². The number of halogens is 1. The van der Waals surface area contributed by atoms with Crippen molar-refractivity contribution in [2.45, 2.75) is 19.4 Å². The Morgan fingerprint density at radius 3 is 2.59 bits per heavy atom. The number of amides is 1. The summed E-state index contributed by atoms with van der Waals surface area (Å²) in [6, 6.07) is 12.1. The number of carbonyl (C=O) groups excluding carboxylic acids is 1. The van der Waals surface area contributed by atoms with Gasteiger partial charge in [-0.2, -0.15) is 0 Å². The van der Waals surface area contributed by atoms with Crippen LogP contribution in [-0.4, -0.2) is 53.8 Å². The number of aromatic nitrogens is 1. The molecule has 32 heavy (non-hydrogen) atoms. The molecule has 5 rings (SSSR count). The van der Waals surface area contributed by atoms with E-state index in [0.29, 0.717) is 31.7 Å². The molecule has 7 nitrogen and oxygen atoms in total. The number of hydrogen-bond donors (Lipinski definition) is 0. The van der Waals surface area contributed by atoms with Crippen LogP contribution in [0.2, 0.25) is 0 Å². The largest absolute Gasteiger partial charge is 0.454 e. The zero-order valence-corrected chi connectivity index (χ0v) is 17.6. The van der Waals surface area contributed by atoms with Crippen molar-refractivity contribution in [3.05, 3.63) is 65.6 Å². The molecule has 1 saturated heterocycles. The second kappa shape index (κ2) is 9.00. The third-order valence-corrected chi connectivity index (χ3v) is 5.93. The van der Waals surface area contributed by atoms with Gasteiger partial charge in [-0.05, 0) is 48.4 Å². The first-order valence-corrected chi connectivity index (χ1v) is 10.7. The van der Waals surface area contributed by atoms with Crippen LogP contribution in [0.4, 0.5) is 4.39 Å². The molecule has 0 aliphatic carbocycles. The summed E-state index contributed by atoms with van der Waals surface area (Å²) in [6.07, 6.45) is 2.55. The summed E-state index contributed by atoms with van der Waals surface area (Å²) < 4.78 is 29.3. The van der Waals surface area contributed by atoms with Crippen LogP contribution in [0, 0.1) is 5.82 Å². The van der Waals surface area contributed by atoms with Crippen molar-refractivity contribution >= 4 is 5.91 Å². The summed E-state index contributed by atoms with van der Waals surface area (Å²) >= 11 is 0. The number of hydrogen-bond acceptors (Lipinski definition) is 6. The molecule has 2 aliphatic heterocycles. The fourth-order valence-electron chi connectivity index (χ4n) is 4.13. The van der Waals surface area contributed by atoms with Crippen LogP contribution in [0.25, 0.3) is 11.3 Å². The van der Waals surface area contributed by atoms with Crippen LogP contribution in [0.15, 0.2) is 53.2 Å². The van der Waals surface area contributed by atoms with Gasteiger partial charge in [-0.25, -0.2) is 4.39 Å². The molecule has 166 valence electrons. The van der Waals surface area contributed by atoms with E-state index >= 15 is 0 Å². The van der Waals surface area contributed by atoms with Gasteiger partial charge in [0.05, 0.1) is 6.20 Å². The third-order valence-electron chi connectivity index (χ3n) is 5.93. The Balaban J connectivity index is 1.12. The summed E-state index contributed by atoms with van der Waals surface area (Å²) in [5, 5.41) is 3.87. The lowest BCUT2D eigenvalue weighted by molar-refractivity contribution is -0.133. The minimum absolute atomic E-state index is 0.124. The van der Waals surface area contributed by atoms with E-state index < -0.39 is 0 Å². The topological polar surface area (TPSA) is 68.0 Å². The number of fused-ring (bicyclic) bond motifs is 1. The predicted octanol–water partition coefficient (Wildman–Crippen LogP) is 3.49. The first kappa shape index (κ1) is 20.5. The van der Waals surface area contributed by atoms with Gasteiger partial charge >= 0.3 is 0 Å². The molecule has 1 amide bonds. The van der Waals surface area contributed by atoms with Crippen molar-refractivity contribution in [3.63, 3.8) is 0 Å². The van der Waals surface area contributed by atoms with Crippen molar-refractivity contribution in [1.29, 1.82) is 0 Å². The number of nitrogens with zero attached hydrogens (tertiary/aromatic N) is 3. The molecule has 8 heteroatoms. The first-order chi connectivity index (χ1) is 15.7. The van der Waals surface area contributed by atoms with Gasteiger partial charge in [0.25, 0.3) is 0 Å². The van der Waals surface area contributed by atoms with Crippen molar-refractivity contribution in [3.8, 4) is 22.8 Å². The minimum atomic E-state index is -0.303. The Kier molecular flexibility index (Phi) is 5.77. The van der Waals surface area contributed by atoms with Crippen molar-refractivity contribution in [2.24, 2.45) is 0 Å². The number of ether oxygens (including phenoxy) is 2. The van der Waals surface area contributed by atoms with E-state index in [0.717, 1.165) is 42.3 Å². The Bertz CT molecular complexity index is 1090. The molecule has 0 radical (unpaired) electrons. The van der Waals surface area contributed by atoms with E-state index in [1.54, 1.807) is 18.3 Å². The molecule has 0 unspecified atom stereocenters. The monoisotopic (exact) mass is 437 g/mol. The maximum atomic E-state index is 13.2. The van der Waals surface area contributed by atoms with Crippen molar-refractivity contribution in [1.82, 2.24) is 15.0 Å². The van der Waals surface area contributed by atoms with Crippen LogP contribution in [-0.2, 0) is 17.8 Å². The minimum Gasteiger partial charge on any atom is -0.454 e. The quantitative estimate of drug-likeness (QED) is 0.588. The van der Waals surface area contributed by atoms with E-state index in [4.69, 9.17) is 14.0 Å². The van der Waals surface area contributed by atoms with E-state index in [-0.39, 0.29) is 18.5 Å². The van der Waals surface area contributed by atoms with Crippen LogP contribution in [0.5, 0.6) is 11.5 Å². The second-order valence-corrected chi connectivity index (χ2v) is 8.03. The van der Waals surface area contributed by atoms with Crippen LogP contribution < -0.4 is 9.47 Å². The number of piperazine rings is 1. The normalized spacial score (nSPS) is 15.8. The van der Waals surface area contributed by atoms with Crippen LogP contribution in [0.1, 0.15) is 17.5 Å². The highest BCUT2D eigenvalue weighted by Gasteiger charge is 2.22. The standard InChI is InChI=1S/C24H24FN3O4/c25-20-5-2-18(3-6-20)24-19(14-26-32-24)4-8-23(29)28-11-9-27(10-12-28)15-17-1-7-21-22(13-17)31-16-30-21/h1-3,5-7,13-14H,4,8-12,15-16H2. The zero-order valence-electron chi connectivity index (χ0n) is 17.6. The van der Waals surface area contributed by atoms with Crippen LogP contribution >= 0.6 is 0 Å². The highest BCUT2D eigenvalue weighted by atomic mass is 19.1. The molecule has 3 aromatic rings. The molecular weight excluding hydrogens is 413 g/mol. The Morgan fingerprint density at radius 2 is 1.78 bits per heavy atom. The summed E-state index contributed by atoms with van der Waals surface area (Å²) in [4.78, 5) is 17.0. The molecule has 0 atom stereocenters. The van der Waals surface area contributed by atoms with Gasteiger partial charge in [-0.1, -0.05) is 11.2 Å². The third kappa shape index (κ3) is 4.45. The van der Waals surface area contributed by atoms with Crippen LogP contribution in [0.3, 0.4) is 0 Å². The molecule has 1 aromatic heterocycles. The van der Waals surface area contributed by atoms with Gasteiger partial charge in [0.15, 0.2) is 17.3 Å². The van der Waals surface area contributed by atoms with Gasteiger partial charge in [-0.3, -0.25) is 9.69 Å². The molecule has 2 aromatic carbocycles. The number of benzene rings is 2. The Morgan fingerprint density at radius 1 is 1.00 bits per heavy atom. The highest BCUT2D eigenvalue weighted by molar-refractivity contribution is 5.77. The van der Waals surface area contributed by atoms with Gasteiger partial charge < -0.3 is 18.9 Å². The maximum Gasteiger partial charge on any atom is 0.231 e. The van der Waals surface area contributed by atoms with E-state index in [1.807, 2.05) is 17.0 Å². The van der Waals surface area contributed by atoms with Gasteiger partial charge in [0.1, 0.15) is 5.82 Å². The lowest BCUT2D eigenvalue weighted by Gasteiger charge is -2.34. The van der Waals surface area contributed by atoms with Gasteiger partial charge in [-0.15, -0.1) is 0 Å². The first-order valence-electron chi connectivity index (χ1n) is 10.7. The number of carbonyl (C=O) groups is 1. The summed E-state index contributed by atoms with van der Waals surface area (Å²) in [5.74, 6) is 2.00. The molecule has 0 saturated carbocycles. The molecule has 1 fully saturated rings. The number of rotatable bonds is 6. The average Bonchev–Trinajstić information content (AvgIpc) is 3.47. The average molecular weight is 437 g/mol. The maximum absolute atomic E-state index is 13.2. The fourth-order valence-corrected chi connectivity index (χ4v) is 4.13. The van der Waals surface area contributed by atoms with Crippen molar-refractivity contribution in [2.75, 3.05) is 33.0 Å². The summed E-state index contributed by atoms with van der Waals surface area (Å²) in [5.41, 5.74) is 2.78. The fraction of sp³-hybridized carbons (Fsp3) is 0.333. The van der Waals surface area contributed by atoms with Gasteiger partial charge in [0, 0.05) is 50.3 Å². The molecule has 3 heterocycles. The Labute approximate surface area is 185 Å². The number of aryl methyl sites for hydroxylation is 1. The molecule has 0 N–H and O–H groups in total. The predicted molar refractivity (Wildman–Crippen MR) is 115 cm³/mol. The highest BCUT2D eigenvalue weighted by Crippen LogP contribution is 2.33. The summed E-state index contributed by atoms with van der Waals surface area (Å²) in [6.45, 7) is 4.17. The summed E-state index contributed by atoms with van der Waals surface area (Å²) in [7, 11) is 0. The van der Waals surface area contributed by atoms with Gasteiger partial charge in [0.2, 0.25) is 12.7 Å². The lowest BCUT2D eigenvalue weighted by atomic mass is 10.0. The molecular formula is C24H24FN3O4. The zero-order chi connectivity index (χ0) is 21.9. The molecule has 0 spiro atoms. The lowest BCUT2D eigenvalue weighted by Crippen LogP contribution is -2.48. The SMILES string of the molecule is O=C(CCc1cnoc1-c1ccc(F)cc1)N1CCN(Cc2ccc3c(c2)OCO3)CC1. The van der Waals surface area contributed by atoms with E-state index in [1.165, 1.54) is 17.7 Å².